The van der Waals surface area contributed by atoms with Crippen molar-refractivity contribution in [3.63, 3.8) is 0 Å². The summed E-state index contributed by atoms with van der Waals surface area (Å²) in [6.07, 6.45) is 1.20. The molecular formula is C54H58F3N7O4. The van der Waals surface area contributed by atoms with Gasteiger partial charge >= 0.3 is 0 Å². The second-order valence-electron chi connectivity index (χ2n) is 18.5. The molecule has 4 saturated heterocycles. The van der Waals surface area contributed by atoms with E-state index in [0.29, 0.717) is 89.2 Å². The zero-order valence-electron chi connectivity index (χ0n) is 38.1. The van der Waals surface area contributed by atoms with E-state index in [2.05, 4.69) is 15.5 Å². The van der Waals surface area contributed by atoms with Crippen LogP contribution in [0.15, 0.2) is 133 Å². The fourth-order valence-electron chi connectivity index (χ4n) is 10.3. The van der Waals surface area contributed by atoms with E-state index in [1.807, 2.05) is 119 Å². The maximum atomic E-state index is 14.4. The Morgan fingerprint density at radius 2 is 0.941 bits per heavy atom. The van der Waals surface area contributed by atoms with Gasteiger partial charge in [0.25, 0.3) is 0 Å². The Labute approximate surface area is 395 Å². The lowest BCUT2D eigenvalue weighted by atomic mass is 10.0. The third kappa shape index (κ3) is 10.8. The maximum Gasteiger partial charge on any atom is 0.247 e. The Morgan fingerprint density at radius 3 is 1.32 bits per heavy atom. The standard InChI is InChI=1S/C54H58F3N7O4/c55-41-19-25-46(26-20-41)62(33-37-15-21-44(22-16-37)58-51(65)47-13-7-29-63(47)53(67)49(39-9-3-1-4-10-39)60-31-27-42(56)35-60)34-38-17-23-45(24-18-38)59-52(66)48-14-8-30-64(48)54(68)50(40-11-5-2-6-12-40)61-32-28-43(57)36-61/h1-6,9-12,15-26,42-43,47-50H,7-8,13-14,27-36H2,(H,58,65)(H,59,66). The van der Waals surface area contributed by atoms with Crippen LogP contribution in [-0.2, 0) is 32.3 Å². The van der Waals surface area contributed by atoms with E-state index in [1.165, 1.54) is 12.1 Å². The molecule has 0 aromatic heterocycles. The molecule has 11 nitrogen and oxygen atoms in total. The first-order valence-electron chi connectivity index (χ1n) is 23.8. The van der Waals surface area contributed by atoms with Crippen molar-refractivity contribution in [2.75, 3.05) is 54.8 Å². The van der Waals surface area contributed by atoms with E-state index in [9.17, 15) is 32.3 Å². The van der Waals surface area contributed by atoms with Gasteiger partial charge in [-0.25, -0.2) is 13.2 Å². The average Bonchev–Trinajstić information content (AvgIpc) is 4.20. The van der Waals surface area contributed by atoms with Gasteiger partial charge in [-0.1, -0.05) is 84.9 Å². The van der Waals surface area contributed by atoms with Crippen LogP contribution < -0.4 is 15.5 Å². The Morgan fingerprint density at radius 1 is 0.529 bits per heavy atom. The number of nitrogens with zero attached hydrogens (tertiary/aromatic N) is 5. The number of nitrogens with one attached hydrogen (secondary N) is 2. The minimum Gasteiger partial charge on any atom is -0.363 e. The van der Waals surface area contributed by atoms with Gasteiger partial charge in [0.1, 0.15) is 42.3 Å². The van der Waals surface area contributed by atoms with Gasteiger partial charge in [-0.2, -0.15) is 0 Å². The molecule has 5 aromatic rings. The maximum absolute atomic E-state index is 14.4. The van der Waals surface area contributed by atoms with E-state index in [-0.39, 0.29) is 42.5 Å². The van der Waals surface area contributed by atoms with Crippen LogP contribution in [0.5, 0.6) is 0 Å². The third-order valence-corrected chi connectivity index (χ3v) is 13.8. The average molecular weight is 926 g/mol. The lowest BCUT2D eigenvalue weighted by molar-refractivity contribution is -0.141. The highest BCUT2D eigenvalue weighted by molar-refractivity contribution is 5.99. The van der Waals surface area contributed by atoms with Crippen molar-refractivity contribution in [1.29, 1.82) is 0 Å². The minimum absolute atomic E-state index is 0.180. The first-order valence-corrected chi connectivity index (χ1v) is 23.8. The highest BCUT2D eigenvalue weighted by Gasteiger charge is 2.43. The summed E-state index contributed by atoms with van der Waals surface area (Å²) < 4.78 is 42.8. The summed E-state index contributed by atoms with van der Waals surface area (Å²) in [4.78, 5) is 65.1. The lowest BCUT2D eigenvalue weighted by Crippen LogP contribution is -2.48. The zero-order chi connectivity index (χ0) is 47.1. The molecule has 9 rings (SSSR count). The van der Waals surface area contributed by atoms with Crippen molar-refractivity contribution < 1.29 is 32.3 Å². The molecule has 354 valence electrons. The summed E-state index contributed by atoms with van der Waals surface area (Å²) in [7, 11) is 0. The molecule has 4 aliphatic rings. The van der Waals surface area contributed by atoms with Crippen LogP contribution in [-0.4, -0.2) is 107 Å². The Balaban J connectivity index is 0.832. The molecule has 2 N–H and O–H groups in total. The summed E-state index contributed by atoms with van der Waals surface area (Å²) >= 11 is 0. The van der Waals surface area contributed by atoms with Crippen LogP contribution >= 0.6 is 0 Å². The van der Waals surface area contributed by atoms with Gasteiger partial charge in [0.2, 0.25) is 23.6 Å². The lowest BCUT2D eigenvalue weighted by Gasteiger charge is -2.33. The Hall–Kier alpha value is -6.51. The zero-order valence-corrected chi connectivity index (χ0v) is 38.1. The molecule has 0 aliphatic carbocycles. The molecule has 6 atom stereocenters. The van der Waals surface area contributed by atoms with Crippen molar-refractivity contribution in [1.82, 2.24) is 19.6 Å². The van der Waals surface area contributed by atoms with Crippen LogP contribution in [0.1, 0.15) is 72.9 Å². The number of carbonyl (C=O) groups excluding carboxylic acids is 4. The molecule has 4 amide bonds. The summed E-state index contributed by atoms with van der Waals surface area (Å²) in [6.45, 7) is 3.12. The number of hydrogen-bond acceptors (Lipinski definition) is 7. The van der Waals surface area contributed by atoms with Crippen LogP contribution in [0.4, 0.5) is 30.2 Å². The SMILES string of the molecule is O=C(Nc1ccc(CN(Cc2ccc(NC(=O)C3CCCN3C(=O)C(c3ccccc3)N3CCC(F)C3)cc2)c2ccc(F)cc2)cc1)C1CCCN1C(=O)C(c1ccccc1)N1CCC(F)C1. The van der Waals surface area contributed by atoms with Gasteiger partial charge in [0, 0.05) is 69.4 Å². The van der Waals surface area contributed by atoms with E-state index >= 15 is 0 Å². The van der Waals surface area contributed by atoms with Crippen molar-refractivity contribution in [3.05, 3.63) is 162 Å². The van der Waals surface area contributed by atoms with Crippen LogP contribution in [0.3, 0.4) is 0 Å². The van der Waals surface area contributed by atoms with Gasteiger partial charge in [-0.3, -0.25) is 29.0 Å². The van der Waals surface area contributed by atoms with Crippen molar-refractivity contribution in [3.8, 4) is 0 Å². The van der Waals surface area contributed by atoms with Crippen molar-refractivity contribution >= 4 is 40.7 Å². The summed E-state index contributed by atoms with van der Waals surface area (Å²) in [5, 5.41) is 6.05. The molecule has 0 radical (unpaired) electrons. The van der Waals surface area contributed by atoms with E-state index < -0.39 is 36.5 Å². The molecule has 68 heavy (non-hydrogen) atoms. The molecule has 4 aliphatic heterocycles. The summed E-state index contributed by atoms with van der Waals surface area (Å²) in [5.74, 6) is -1.26. The molecule has 5 aromatic carbocycles. The molecule has 4 fully saturated rings. The molecule has 6 unspecified atom stereocenters. The first kappa shape index (κ1) is 46.6. The highest BCUT2D eigenvalue weighted by atomic mass is 19.1. The van der Waals surface area contributed by atoms with E-state index in [1.54, 1.807) is 21.9 Å². The number of amides is 4. The number of halogens is 3. The number of hydrogen-bond donors (Lipinski definition) is 2. The number of anilines is 3. The van der Waals surface area contributed by atoms with Crippen molar-refractivity contribution in [2.24, 2.45) is 0 Å². The quantitative estimate of drug-likeness (QED) is 0.109. The summed E-state index contributed by atoms with van der Waals surface area (Å²) in [6, 6.07) is 37.5. The molecular weight excluding hydrogens is 868 g/mol. The van der Waals surface area contributed by atoms with Gasteiger partial charge < -0.3 is 25.3 Å². The molecule has 0 bridgehead atoms. The number of benzene rings is 5. The molecule has 4 heterocycles. The van der Waals surface area contributed by atoms with Crippen LogP contribution in [0.2, 0.25) is 0 Å². The highest BCUT2D eigenvalue weighted by Crippen LogP contribution is 2.34. The predicted molar refractivity (Wildman–Crippen MR) is 256 cm³/mol. The molecule has 0 saturated carbocycles. The minimum atomic E-state index is -0.991. The third-order valence-electron chi connectivity index (χ3n) is 13.8. The first-order chi connectivity index (χ1) is 33.1. The van der Waals surface area contributed by atoms with Gasteiger partial charge in [0.05, 0.1) is 0 Å². The second kappa shape index (κ2) is 21.2. The van der Waals surface area contributed by atoms with Crippen LogP contribution in [0, 0.1) is 5.82 Å². The Kier molecular flexibility index (Phi) is 14.5. The number of carbonyl (C=O) groups is 4. The van der Waals surface area contributed by atoms with Crippen LogP contribution in [0.25, 0.3) is 0 Å². The molecule has 0 spiro atoms. The second-order valence-corrected chi connectivity index (χ2v) is 18.5. The normalized spacial score (nSPS) is 21.7. The van der Waals surface area contributed by atoms with E-state index in [0.717, 1.165) is 27.9 Å². The predicted octanol–water partition coefficient (Wildman–Crippen LogP) is 8.46. The largest absolute Gasteiger partial charge is 0.363 e. The van der Waals surface area contributed by atoms with Gasteiger partial charge in [0.15, 0.2) is 0 Å². The monoisotopic (exact) mass is 925 g/mol. The van der Waals surface area contributed by atoms with Gasteiger partial charge in [-0.15, -0.1) is 0 Å². The fourth-order valence-corrected chi connectivity index (χ4v) is 10.3. The van der Waals surface area contributed by atoms with Gasteiger partial charge in [-0.05, 0) is 109 Å². The summed E-state index contributed by atoms with van der Waals surface area (Å²) in [5.41, 5.74) is 5.44. The number of alkyl halides is 2. The topological polar surface area (TPSA) is 109 Å². The molecule has 14 heteroatoms. The Bertz CT molecular complexity index is 2370. The van der Waals surface area contributed by atoms with E-state index in [4.69, 9.17) is 0 Å². The smallest absolute Gasteiger partial charge is 0.247 e. The van der Waals surface area contributed by atoms with Crippen molar-refractivity contribution in [2.45, 2.75) is 88.1 Å². The number of likely N-dealkylation sites (tertiary alicyclic amines) is 4. The fraction of sp³-hybridized carbons (Fsp3) is 0.370. The number of rotatable bonds is 15.